The van der Waals surface area contributed by atoms with Crippen molar-refractivity contribution >= 4 is 43.6 Å². The number of rotatable bonds is 8. The SMILES string of the molecule is c1ccc(-c2ccc(-c3nc(-c4ccccc4)nc(-n4c5ccccc5c5ccc6c7ccccc7n(-c7ccccc7-c7nc(-c8ccccc8)nc(-c8ccccc8)n7)c6c54)n3)cc2)cc1. The van der Waals surface area contributed by atoms with Crippen LogP contribution in [0.25, 0.3) is 123 Å². The number of benzene rings is 9. The molecule has 8 heteroatoms. The summed E-state index contributed by atoms with van der Waals surface area (Å²) in [6.07, 6.45) is 0. The smallest absolute Gasteiger partial charge is 0.238 e. The minimum absolute atomic E-state index is 0.516. The van der Waals surface area contributed by atoms with E-state index in [0.717, 1.165) is 88.2 Å². The molecule has 0 amide bonds. The molecule has 0 aliphatic rings. The molecule has 0 aliphatic carbocycles. The van der Waals surface area contributed by atoms with Gasteiger partial charge >= 0.3 is 0 Å². The zero-order valence-electron chi connectivity index (χ0n) is 36.5. The summed E-state index contributed by atoms with van der Waals surface area (Å²) in [6.45, 7) is 0. The van der Waals surface area contributed by atoms with E-state index in [4.69, 9.17) is 29.9 Å². The lowest BCUT2D eigenvalue weighted by atomic mass is 10.0. The fourth-order valence-corrected chi connectivity index (χ4v) is 9.50. The van der Waals surface area contributed by atoms with Crippen molar-refractivity contribution in [3.63, 3.8) is 0 Å². The van der Waals surface area contributed by atoms with Gasteiger partial charge in [0.2, 0.25) is 5.95 Å². The summed E-state index contributed by atoms with van der Waals surface area (Å²) < 4.78 is 4.60. The molecule has 0 saturated heterocycles. The van der Waals surface area contributed by atoms with Crippen molar-refractivity contribution in [2.24, 2.45) is 0 Å². The number of hydrogen-bond acceptors (Lipinski definition) is 6. The van der Waals surface area contributed by atoms with Gasteiger partial charge in [0.25, 0.3) is 0 Å². The van der Waals surface area contributed by atoms with Crippen molar-refractivity contribution in [3.8, 4) is 79.7 Å². The standard InChI is InChI=1S/C60H38N8/c1-5-19-39(20-6-1)40-33-35-44(36-34-40)58-62-57(43-25-11-4-12-26-43)65-60(66-58)68-51-31-17-14-28-46(51)48-38-37-47-45-27-13-16-30-50(45)67(53(47)54(48)68)52-32-18-15-29-49(52)59-63-55(41-21-7-2-8-22-41)61-56(64-59)42-23-9-3-10-24-42/h1-38H. The van der Waals surface area contributed by atoms with Gasteiger partial charge in [-0.05, 0) is 35.4 Å². The molecular weight excluding hydrogens is 833 g/mol. The summed E-state index contributed by atoms with van der Waals surface area (Å²) >= 11 is 0. The van der Waals surface area contributed by atoms with Gasteiger partial charge in [0.05, 0.1) is 27.8 Å². The van der Waals surface area contributed by atoms with Crippen LogP contribution in [0.1, 0.15) is 0 Å². The molecular formula is C60H38N8. The molecule has 9 aromatic carbocycles. The topological polar surface area (TPSA) is 87.2 Å². The Balaban J connectivity index is 1.10. The highest BCUT2D eigenvalue weighted by Crippen LogP contribution is 2.43. The molecule has 0 spiro atoms. The van der Waals surface area contributed by atoms with E-state index >= 15 is 0 Å². The third-order valence-corrected chi connectivity index (χ3v) is 12.7. The Hall–Kier alpha value is -9.40. The van der Waals surface area contributed by atoms with Gasteiger partial charge in [-0.2, -0.15) is 9.97 Å². The number of nitrogens with zero attached hydrogens (tertiary/aromatic N) is 8. The number of fused-ring (bicyclic) bond motifs is 7. The molecule has 318 valence electrons. The molecule has 13 aromatic rings. The minimum Gasteiger partial charge on any atom is -0.306 e. The van der Waals surface area contributed by atoms with Gasteiger partial charge in [0, 0.05) is 49.4 Å². The average Bonchev–Trinajstić information content (AvgIpc) is 3.95. The summed E-state index contributed by atoms with van der Waals surface area (Å²) in [4.78, 5) is 31.4. The predicted octanol–water partition coefficient (Wildman–Crippen LogP) is 14.3. The van der Waals surface area contributed by atoms with Gasteiger partial charge in [0.15, 0.2) is 29.1 Å². The van der Waals surface area contributed by atoms with Crippen LogP contribution in [0.15, 0.2) is 231 Å². The van der Waals surface area contributed by atoms with Crippen molar-refractivity contribution in [3.05, 3.63) is 231 Å². The van der Waals surface area contributed by atoms with E-state index < -0.39 is 0 Å². The monoisotopic (exact) mass is 870 g/mol. The van der Waals surface area contributed by atoms with Crippen LogP contribution in [-0.2, 0) is 0 Å². The average molecular weight is 871 g/mol. The Kier molecular flexibility index (Phi) is 9.31. The lowest BCUT2D eigenvalue weighted by Crippen LogP contribution is -2.07. The second kappa shape index (κ2) is 16.2. The highest BCUT2D eigenvalue weighted by atomic mass is 15.2. The van der Waals surface area contributed by atoms with Crippen LogP contribution in [0.2, 0.25) is 0 Å². The fourth-order valence-electron chi connectivity index (χ4n) is 9.50. The van der Waals surface area contributed by atoms with E-state index in [1.54, 1.807) is 0 Å². The lowest BCUT2D eigenvalue weighted by Gasteiger charge is -2.16. The van der Waals surface area contributed by atoms with Gasteiger partial charge in [-0.25, -0.2) is 19.9 Å². The Bertz CT molecular complexity index is 3940. The van der Waals surface area contributed by atoms with Gasteiger partial charge in [0.1, 0.15) is 0 Å². The predicted molar refractivity (Wildman–Crippen MR) is 275 cm³/mol. The molecule has 4 aromatic heterocycles. The number of hydrogen-bond donors (Lipinski definition) is 0. The lowest BCUT2D eigenvalue weighted by molar-refractivity contribution is 0.953. The van der Waals surface area contributed by atoms with Gasteiger partial charge in [-0.15, -0.1) is 0 Å². The van der Waals surface area contributed by atoms with Gasteiger partial charge < -0.3 is 4.57 Å². The quantitative estimate of drug-likeness (QED) is 0.151. The minimum atomic E-state index is 0.516. The van der Waals surface area contributed by atoms with E-state index in [2.05, 4.69) is 143 Å². The maximum atomic E-state index is 5.38. The summed E-state index contributed by atoms with van der Waals surface area (Å²) in [7, 11) is 0. The molecule has 0 unspecified atom stereocenters. The molecule has 0 radical (unpaired) electrons. The largest absolute Gasteiger partial charge is 0.306 e. The van der Waals surface area contributed by atoms with E-state index in [-0.39, 0.29) is 0 Å². The molecule has 13 rings (SSSR count). The second-order valence-electron chi connectivity index (χ2n) is 16.7. The van der Waals surface area contributed by atoms with Crippen LogP contribution in [0.4, 0.5) is 0 Å². The van der Waals surface area contributed by atoms with E-state index in [1.807, 2.05) is 97.1 Å². The second-order valence-corrected chi connectivity index (χ2v) is 16.7. The van der Waals surface area contributed by atoms with Crippen LogP contribution < -0.4 is 0 Å². The van der Waals surface area contributed by atoms with Crippen LogP contribution in [0, 0.1) is 0 Å². The van der Waals surface area contributed by atoms with Crippen LogP contribution in [-0.4, -0.2) is 39.0 Å². The molecule has 0 N–H and O–H groups in total. The maximum absolute atomic E-state index is 5.38. The summed E-state index contributed by atoms with van der Waals surface area (Å²) in [5, 5.41) is 4.36. The van der Waals surface area contributed by atoms with Gasteiger partial charge in [-0.3, -0.25) is 4.57 Å². The van der Waals surface area contributed by atoms with Crippen LogP contribution in [0.5, 0.6) is 0 Å². The summed E-state index contributed by atoms with van der Waals surface area (Å²) in [5.74, 6) is 3.45. The molecule has 0 aliphatic heterocycles. The molecule has 0 fully saturated rings. The van der Waals surface area contributed by atoms with Crippen LogP contribution in [0.3, 0.4) is 0 Å². The summed E-state index contributed by atoms with van der Waals surface area (Å²) in [6, 6.07) is 79.3. The molecule has 0 bridgehead atoms. The highest BCUT2D eigenvalue weighted by molar-refractivity contribution is 6.24. The fraction of sp³-hybridized carbons (Fsp3) is 0. The van der Waals surface area contributed by atoms with Crippen molar-refractivity contribution in [2.75, 3.05) is 0 Å². The first-order valence-electron chi connectivity index (χ1n) is 22.6. The van der Waals surface area contributed by atoms with E-state index in [0.29, 0.717) is 35.1 Å². The Labute approximate surface area is 391 Å². The third-order valence-electron chi connectivity index (χ3n) is 12.7. The Morgan fingerprint density at radius 2 is 0.588 bits per heavy atom. The molecule has 68 heavy (non-hydrogen) atoms. The van der Waals surface area contributed by atoms with E-state index in [1.165, 1.54) is 0 Å². The maximum Gasteiger partial charge on any atom is 0.238 e. The van der Waals surface area contributed by atoms with Crippen molar-refractivity contribution in [1.82, 2.24) is 39.0 Å². The summed E-state index contributed by atoms with van der Waals surface area (Å²) in [5.41, 5.74) is 11.7. The van der Waals surface area contributed by atoms with Crippen molar-refractivity contribution in [2.45, 2.75) is 0 Å². The van der Waals surface area contributed by atoms with Crippen molar-refractivity contribution in [1.29, 1.82) is 0 Å². The molecule has 8 nitrogen and oxygen atoms in total. The normalized spacial score (nSPS) is 11.5. The molecule has 4 heterocycles. The van der Waals surface area contributed by atoms with E-state index in [9.17, 15) is 0 Å². The molecule has 0 saturated carbocycles. The first kappa shape index (κ1) is 39.0. The van der Waals surface area contributed by atoms with Crippen LogP contribution >= 0.6 is 0 Å². The first-order chi connectivity index (χ1) is 33.7. The van der Waals surface area contributed by atoms with Crippen molar-refractivity contribution < 1.29 is 0 Å². The van der Waals surface area contributed by atoms with Gasteiger partial charge in [-0.1, -0.05) is 206 Å². The Morgan fingerprint density at radius 1 is 0.235 bits per heavy atom. The number of para-hydroxylation sites is 3. The number of aromatic nitrogens is 8. The third kappa shape index (κ3) is 6.62. The first-order valence-corrected chi connectivity index (χ1v) is 22.6. The zero-order valence-corrected chi connectivity index (χ0v) is 36.5. The highest BCUT2D eigenvalue weighted by Gasteiger charge is 2.25. The molecule has 0 atom stereocenters. The zero-order chi connectivity index (χ0) is 45.0. The Morgan fingerprint density at radius 3 is 1.12 bits per heavy atom.